The van der Waals surface area contributed by atoms with Gasteiger partial charge in [-0.2, -0.15) is 9.61 Å². The second kappa shape index (κ2) is 4.68. The molecular weight excluding hydrogens is 250 g/mol. The van der Waals surface area contributed by atoms with E-state index in [0.717, 1.165) is 11.3 Å². The molecule has 0 saturated carbocycles. The summed E-state index contributed by atoms with van der Waals surface area (Å²) >= 11 is 0. The highest BCUT2D eigenvalue weighted by atomic mass is 15.4. The first-order chi connectivity index (χ1) is 9.56. The molecule has 5 nitrogen and oxygen atoms in total. The summed E-state index contributed by atoms with van der Waals surface area (Å²) in [7, 11) is 0. The standard InChI is InChI=1S/C15H17N5/c1-9-4-5-10(2)12(8-9)13-6-7-14-17-18-15(11(3)16)20(14)19-13/h4-8,11H,16H2,1-3H3. The number of nitrogens with two attached hydrogens (primary N) is 1. The molecule has 0 bridgehead atoms. The summed E-state index contributed by atoms with van der Waals surface area (Å²) in [6, 6.07) is 10.0. The van der Waals surface area contributed by atoms with Crippen molar-refractivity contribution in [3.05, 3.63) is 47.3 Å². The molecule has 5 heteroatoms. The van der Waals surface area contributed by atoms with Crippen molar-refractivity contribution in [2.24, 2.45) is 5.73 Å². The van der Waals surface area contributed by atoms with E-state index in [1.807, 2.05) is 19.1 Å². The molecular formula is C15H17N5. The van der Waals surface area contributed by atoms with Crippen molar-refractivity contribution in [2.45, 2.75) is 26.8 Å². The topological polar surface area (TPSA) is 69.1 Å². The first-order valence-electron chi connectivity index (χ1n) is 6.62. The van der Waals surface area contributed by atoms with E-state index < -0.39 is 0 Å². The third-order valence-electron chi connectivity index (χ3n) is 3.36. The molecule has 102 valence electrons. The molecule has 1 aromatic carbocycles. The van der Waals surface area contributed by atoms with Crippen LogP contribution in [-0.2, 0) is 0 Å². The summed E-state index contributed by atoms with van der Waals surface area (Å²) in [6.45, 7) is 6.04. The van der Waals surface area contributed by atoms with E-state index in [2.05, 4.69) is 47.3 Å². The van der Waals surface area contributed by atoms with Gasteiger partial charge < -0.3 is 5.73 Å². The van der Waals surface area contributed by atoms with Crippen LogP contribution in [-0.4, -0.2) is 19.8 Å². The molecule has 0 radical (unpaired) electrons. The van der Waals surface area contributed by atoms with E-state index in [1.165, 1.54) is 11.1 Å². The highest BCUT2D eigenvalue weighted by Gasteiger charge is 2.12. The van der Waals surface area contributed by atoms with Crippen molar-refractivity contribution in [1.29, 1.82) is 0 Å². The number of hydrogen-bond donors (Lipinski definition) is 1. The van der Waals surface area contributed by atoms with Gasteiger partial charge in [0, 0.05) is 5.56 Å². The first kappa shape index (κ1) is 12.7. The Hall–Kier alpha value is -2.27. The van der Waals surface area contributed by atoms with Gasteiger partial charge in [0.15, 0.2) is 11.5 Å². The van der Waals surface area contributed by atoms with Crippen LogP contribution in [0.3, 0.4) is 0 Å². The molecule has 0 aliphatic rings. The van der Waals surface area contributed by atoms with Crippen LogP contribution >= 0.6 is 0 Å². The van der Waals surface area contributed by atoms with E-state index in [0.29, 0.717) is 11.5 Å². The zero-order valence-electron chi connectivity index (χ0n) is 11.8. The van der Waals surface area contributed by atoms with Gasteiger partial charge in [0.05, 0.1) is 11.7 Å². The molecule has 0 saturated heterocycles. The van der Waals surface area contributed by atoms with Gasteiger partial charge in [-0.1, -0.05) is 17.7 Å². The van der Waals surface area contributed by atoms with Crippen LogP contribution < -0.4 is 5.73 Å². The van der Waals surface area contributed by atoms with E-state index >= 15 is 0 Å². The predicted molar refractivity (Wildman–Crippen MR) is 78.3 cm³/mol. The summed E-state index contributed by atoms with van der Waals surface area (Å²) in [4.78, 5) is 0. The Kier molecular flexibility index (Phi) is 2.99. The van der Waals surface area contributed by atoms with Gasteiger partial charge in [-0.05, 0) is 44.5 Å². The number of benzene rings is 1. The minimum absolute atomic E-state index is 0.202. The average Bonchev–Trinajstić information content (AvgIpc) is 2.84. The van der Waals surface area contributed by atoms with E-state index in [-0.39, 0.29) is 6.04 Å². The molecule has 1 atom stereocenters. The molecule has 3 rings (SSSR count). The van der Waals surface area contributed by atoms with Gasteiger partial charge in [0.25, 0.3) is 0 Å². The van der Waals surface area contributed by atoms with Crippen LogP contribution in [0.2, 0.25) is 0 Å². The molecule has 0 aliphatic carbocycles. The summed E-state index contributed by atoms with van der Waals surface area (Å²) in [5.74, 6) is 0.673. The largest absolute Gasteiger partial charge is 0.321 e. The molecule has 2 heterocycles. The van der Waals surface area contributed by atoms with Crippen molar-refractivity contribution >= 4 is 5.65 Å². The summed E-state index contributed by atoms with van der Waals surface area (Å²) < 4.78 is 1.72. The van der Waals surface area contributed by atoms with Crippen LogP contribution in [0.25, 0.3) is 16.9 Å². The Bertz CT molecular complexity index is 773. The molecule has 0 amide bonds. The number of hydrogen-bond acceptors (Lipinski definition) is 4. The summed E-state index contributed by atoms with van der Waals surface area (Å²) in [5, 5.41) is 12.8. The van der Waals surface area contributed by atoms with Crippen LogP contribution in [0.15, 0.2) is 30.3 Å². The minimum Gasteiger partial charge on any atom is -0.321 e. The van der Waals surface area contributed by atoms with Crippen molar-refractivity contribution in [3.8, 4) is 11.3 Å². The Labute approximate surface area is 117 Å². The minimum atomic E-state index is -0.202. The Morgan fingerprint density at radius 3 is 2.65 bits per heavy atom. The second-order valence-electron chi connectivity index (χ2n) is 5.15. The number of aryl methyl sites for hydroxylation is 2. The number of nitrogens with zero attached hydrogens (tertiary/aromatic N) is 4. The second-order valence-corrected chi connectivity index (χ2v) is 5.15. The van der Waals surface area contributed by atoms with Crippen molar-refractivity contribution < 1.29 is 0 Å². The summed E-state index contributed by atoms with van der Waals surface area (Å²) in [5.41, 5.74) is 11.0. The lowest BCUT2D eigenvalue weighted by Crippen LogP contribution is -2.11. The average molecular weight is 267 g/mol. The zero-order valence-corrected chi connectivity index (χ0v) is 11.8. The van der Waals surface area contributed by atoms with E-state index in [9.17, 15) is 0 Å². The number of fused-ring (bicyclic) bond motifs is 1. The molecule has 2 N–H and O–H groups in total. The zero-order chi connectivity index (χ0) is 14.3. The smallest absolute Gasteiger partial charge is 0.178 e. The van der Waals surface area contributed by atoms with Gasteiger partial charge in [-0.3, -0.25) is 0 Å². The highest BCUT2D eigenvalue weighted by Crippen LogP contribution is 2.23. The lowest BCUT2D eigenvalue weighted by Gasteiger charge is -2.08. The molecule has 0 aliphatic heterocycles. The van der Waals surface area contributed by atoms with E-state index in [4.69, 9.17) is 5.73 Å². The predicted octanol–water partition coefficient (Wildman–Crippen LogP) is 2.43. The first-order valence-corrected chi connectivity index (χ1v) is 6.62. The fourth-order valence-electron chi connectivity index (χ4n) is 2.24. The van der Waals surface area contributed by atoms with Crippen LogP contribution in [0, 0.1) is 13.8 Å². The van der Waals surface area contributed by atoms with Gasteiger partial charge in [-0.25, -0.2) is 0 Å². The van der Waals surface area contributed by atoms with Crippen molar-refractivity contribution in [2.75, 3.05) is 0 Å². The van der Waals surface area contributed by atoms with Gasteiger partial charge in [-0.15, -0.1) is 10.2 Å². The summed E-state index contributed by atoms with van der Waals surface area (Å²) in [6.07, 6.45) is 0. The third kappa shape index (κ3) is 2.06. The van der Waals surface area contributed by atoms with E-state index in [1.54, 1.807) is 4.52 Å². The number of rotatable bonds is 2. The molecule has 20 heavy (non-hydrogen) atoms. The Balaban J connectivity index is 2.21. The van der Waals surface area contributed by atoms with Gasteiger partial charge in [0.1, 0.15) is 0 Å². The third-order valence-corrected chi connectivity index (χ3v) is 3.36. The maximum absolute atomic E-state index is 5.90. The van der Waals surface area contributed by atoms with Crippen molar-refractivity contribution in [1.82, 2.24) is 19.8 Å². The molecule has 0 spiro atoms. The van der Waals surface area contributed by atoms with Crippen LogP contribution in [0.1, 0.15) is 29.9 Å². The maximum atomic E-state index is 5.90. The molecule has 1 unspecified atom stereocenters. The highest BCUT2D eigenvalue weighted by molar-refractivity contribution is 5.65. The van der Waals surface area contributed by atoms with Gasteiger partial charge in [0.2, 0.25) is 0 Å². The van der Waals surface area contributed by atoms with Crippen LogP contribution in [0.5, 0.6) is 0 Å². The lowest BCUT2D eigenvalue weighted by atomic mass is 10.0. The number of aromatic nitrogens is 4. The van der Waals surface area contributed by atoms with Crippen molar-refractivity contribution in [3.63, 3.8) is 0 Å². The molecule has 0 fully saturated rings. The molecule has 2 aromatic heterocycles. The monoisotopic (exact) mass is 267 g/mol. The normalized spacial score (nSPS) is 12.8. The fourth-order valence-corrected chi connectivity index (χ4v) is 2.24. The fraction of sp³-hybridized carbons (Fsp3) is 0.267. The molecule has 3 aromatic rings. The SMILES string of the molecule is Cc1ccc(C)c(-c2ccc3nnc(C(C)N)n3n2)c1. The van der Waals surface area contributed by atoms with Gasteiger partial charge >= 0.3 is 0 Å². The Morgan fingerprint density at radius 1 is 1.10 bits per heavy atom. The Morgan fingerprint density at radius 2 is 1.90 bits per heavy atom. The maximum Gasteiger partial charge on any atom is 0.178 e. The quantitative estimate of drug-likeness (QED) is 0.774. The lowest BCUT2D eigenvalue weighted by molar-refractivity contribution is 0.696. The van der Waals surface area contributed by atoms with Crippen LogP contribution in [0.4, 0.5) is 0 Å².